The summed E-state index contributed by atoms with van der Waals surface area (Å²) in [5, 5.41) is 5.50. The van der Waals surface area contributed by atoms with Crippen LogP contribution in [-0.2, 0) is 6.54 Å². The van der Waals surface area contributed by atoms with Crippen molar-refractivity contribution in [3.05, 3.63) is 27.9 Å². The Bertz CT molecular complexity index is 478. The van der Waals surface area contributed by atoms with Crippen LogP contribution in [0.15, 0.2) is 22.1 Å². The van der Waals surface area contributed by atoms with Gasteiger partial charge in [-0.2, -0.15) is 0 Å². The summed E-state index contributed by atoms with van der Waals surface area (Å²) in [6.07, 6.45) is 3.03. The zero-order chi connectivity index (χ0) is 12.3. The normalized spacial score (nSPS) is 12.9. The van der Waals surface area contributed by atoms with Crippen molar-refractivity contribution in [3.8, 4) is 10.6 Å². The number of nitrogens with one attached hydrogen (secondary N) is 2. The number of thiophene rings is 1. The van der Waals surface area contributed by atoms with E-state index < -0.39 is 0 Å². The fraction of sp³-hybridized carbons (Fsp3) is 0.417. The van der Waals surface area contributed by atoms with Crippen molar-refractivity contribution in [3.63, 3.8) is 0 Å². The molecule has 0 saturated carbocycles. The molecule has 2 rings (SSSR count). The van der Waals surface area contributed by atoms with Gasteiger partial charge in [-0.3, -0.25) is 0 Å². The molecule has 5 heteroatoms. The number of hydrogen-bond donors (Lipinski definition) is 2. The maximum Gasteiger partial charge on any atom is 0.120 e. The van der Waals surface area contributed by atoms with E-state index in [1.54, 1.807) is 11.3 Å². The van der Waals surface area contributed by atoms with Crippen molar-refractivity contribution >= 4 is 27.3 Å². The predicted octanol–water partition coefficient (Wildman–Crippen LogP) is 3.79. The second-order valence-corrected chi connectivity index (χ2v) is 5.89. The van der Waals surface area contributed by atoms with Gasteiger partial charge in [-0.1, -0.05) is 6.92 Å². The first kappa shape index (κ1) is 12.8. The number of nitrogens with zero attached hydrogens (tertiary/aromatic N) is 1. The average Bonchev–Trinajstić information content (AvgIpc) is 2.94. The smallest absolute Gasteiger partial charge is 0.120 e. The van der Waals surface area contributed by atoms with Gasteiger partial charge in [0.1, 0.15) is 5.82 Å². The Morgan fingerprint density at radius 1 is 1.59 bits per heavy atom. The quantitative estimate of drug-likeness (QED) is 0.881. The highest BCUT2D eigenvalue weighted by molar-refractivity contribution is 9.10. The van der Waals surface area contributed by atoms with Crippen LogP contribution in [0.4, 0.5) is 0 Å². The highest BCUT2D eigenvalue weighted by Gasteiger charge is 2.06. The first-order chi connectivity index (χ1) is 8.19. The molecule has 0 bridgehead atoms. The van der Waals surface area contributed by atoms with E-state index in [1.807, 2.05) is 6.20 Å². The molecular formula is C12H16BrN3S. The summed E-state index contributed by atoms with van der Waals surface area (Å²) in [5.74, 6) is 0.991. The maximum absolute atomic E-state index is 4.38. The Morgan fingerprint density at radius 2 is 2.41 bits per heavy atom. The maximum atomic E-state index is 4.38. The van der Waals surface area contributed by atoms with Gasteiger partial charge in [0.2, 0.25) is 0 Å². The minimum atomic E-state index is 0.527. The van der Waals surface area contributed by atoms with E-state index in [4.69, 9.17) is 0 Å². The highest BCUT2D eigenvalue weighted by atomic mass is 79.9. The van der Waals surface area contributed by atoms with Crippen LogP contribution in [0, 0.1) is 0 Å². The predicted molar refractivity (Wildman–Crippen MR) is 76.2 cm³/mol. The van der Waals surface area contributed by atoms with E-state index >= 15 is 0 Å². The lowest BCUT2D eigenvalue weighted by molar-refractivity contribution is 0.525. The zero-order valence-electron chi connectivity index (χ0n) is 9.96. The molecule has 2 aromatic rings. The number of imidazole rings is 1. The van der Waals surface area contributed by atoms with E-state index in [-0.39, 0.29) is 0 Å². The Morgan fingerprint density at radius 3 is 3.06 bits per heavy atom. The molecule has 0 spiro atoms. The molecule has 1 unspecified atom stereocenters. The van der Waals surface area contributed by atoms with Crippen LogP contribution in [0.2, 0.25) is 0 Å². The average molecular weight is 314 g/mol. The lowest BCUT2D eigenvalue weighted by Crippen LogP contribution is -2.24. The monoisotopic (exact) mass is 313 g/mol. The Hall–Kier alpha value is -0.650. The van der Waals surface area contributed by atoms with Crippen LogP contribution in [-0.4, -0.2) is 16.0 Å². The Labute approximate surface area is 114 Å². The summed E-state index contributed by atoms with van der Waals surface area (Å²) in [6, 6.07) is 2.63. The molecule has 0 aliphatic rings. The topological polar surface area (TPSA) is 40.7 Å². The minimum absolute atomic E-state index is 0.527. The van der Waals surface area contributed by atoms with Gasteiger partial charge in [0.25, 0.3) is 0 Å². The van der Waals surface area contributed by atoms with Gasteiger partial charge in [0.15, 0.2) is 0 Å². The highest BCUT2D eigenvalue weighted by Crippen LogP contribution is 2.28. The third-order valence-electron chi connectivity index (χ3n) is 2.69. The molecule has 0 aromatic carbocycles. The Balaban J connectivity index is 2.01. The minimum Gasteiger partial charge on any atom is -0.340 e. The molecule has 2 aromatic heterocycles. The van der Waals surface area contributed by atoms with Gasteiger partial charge in [-0.05, 0) is 35.3 Å². The van der Waals surface area contributed by atoms with Gasteiger partial charge in [0, 0.05) is 15.9 Å². The fourth-order valence-corrected chi connectivity index (χ4v) is 2.84. The lowest BCUT2D eigenvalue weighted by Gasteiger charge is -2.08. The van der Waals surface area contributed by atoms with Crippen molar-refractivity contribution in [1.82, 2.24) is 15.3 Å². The van der Waals surface area contributed by atoms with Gasteiger partial charge in [0.05, 0.1) is 23.3 Å². The lowest BCUT2D eigenvalue weighted by atomic mass is 10.2. The first-order valence-electron chi connectivity index (χ1n) is 5.70. The third-order valence-corrected chi connectivity index (χ3v) is 4.42. The van der Waals surface area contributed by atoms with Crippen molar-refractivity contribution in [2.75, 3.05) is 0 Å². The Kier molecular flexibility index (Phi) is 4.36. The third kappa shape index (κ3) is 3.40. The standard InChI is InChI=1S/C12H16BrN3S/c1-3-8(2)14-6-12-15-5-10(16-12)11-4-9(13)7-17-11/h4-5,7-8,14H,3,6H2,1-2H3,(H,15,16). The van der Waals surface area contributed by atoms with E-state index in [2.05, 4.69) is 56.5 Å². The molecule has 0 aliphatic heterocycles. The van der Waals surface area contributed by atoms with Crippen LogP contribution >= 0.6 is 27.3 Å². The summed E-state index contributed by atoms with van der Waals surface area (Å²) in [4.78, 5) is 8.93. The molecule has 3 nitrogen and oxygen atoms in total. The number of aromatic amines is 1. The van der Waals surface area contributed by atoms with Crippen LogP contribution in [0.5, 0.6) is 0 Å². The second-order valence-electron chi connectivity index (χ2n) is 4.06. The van der Waals surface area contributed by atoms with Crippen molar-refractivity contribution < 1.29 is 0 Å². The van der Waals surface area contributed by atoms with Crippen molar-refractivity contribution in [1.29, 1.82) is 0 Å². The molecule has 2 heterocycles. The second kappa shape index (κ2) is 5.80. The molecule has 0 fully saturated rings. The van der Waals surface area contributed by atoms with E-state index in [0.717, 1.165) is 29.0 Å². The first-order valence-corrected chi connectivity index (χ1v) is 7.38. The van der Waals surface area contributed by atoms with Gasteiger partial charge >= 0.3 is 0 Å². The van der Waals surface area contributed by atoms with Crippen LogP contribution in [0.3, 0.4) is 0 Å². The largest absolute Gasteiger partial charge is 0.340 e. The fourth-order valence-electron chi connectivity index (χ4n) is 1.45. The number of aromatic nitrogens is 2. The van der Waals surface area contributed by atoms with Crippen LogP contribution in [0.1, 0.15) is 26.1 Å². The molecule has 0 radical (unpaired) electrons. The number of rotatable bonds is 5. The number of hydrogen-bond acceptors (Lipinski definition) is 3. The van der Waals surface area contributed by atoms with Gasteiger partial charge in [-0.15, -0.1) is 11.3 Å². The van der Waals surface area contributed by atoms with Crippen LogP contribution < -0.4 is 5.32 Å². The molecule has 1 atom stereocenters. The van der Waals surface area contributed by atoms with Crippen molar-refractivity contribution in [2.24, 2.45) is 0 Å². The zero-order valence-corrected chi connectivity index (χ0v) is 12.4. The molecule has 0 saturated heterocycles. The summed E-state index contributed by atoms with van der Waals surface area (Å²) in [5.41, 5.74) is 1.08. The van der Waals surface area contributed by atoms with E-state index in [9.17, 15) is 0 Å². The number of H-pyrrole nitrogens is 1. The number of halogens is 1. The van der Waals surface area contributed by atoms with Gasteiger partial charge < -0.3 is 10.3 Å². The molecule has 17 heavy (non-hydrogen) atoms. The summed E-state index contributed by atoms with van der Waals surface area (Å²) >= 11 is 5.17. The molecule has 92 valence electrons. The molecule has 2 N–H and O–H groups in total. The SMILES string of the molecule is CCC(C)NCc1ncc(-c2cc(Br)cs2)[nH]1. The van der Waals surface area contributed by atoms with Crippen LogP contribution in [0.25, 0.3) is 10.6 Å². The molecular weight excluding hydrogens is 298 g/mol. The molecule has 0 amide bonds. The van der Waals surface area contributed by atoms with Gasteiger partial charge in [-0.25, -0.2) is 4.98 Å². The van der Waals surface area contributed by atoms with E-state index in [1.165, 1.54) is 4.88 Å². The summed E-state index contributed by atoms with van der Waals surface area (Å²) in [7, 11) is 0. The molecule has 0 aliphatic carbocycles. The summed E-state index contributed by atoms with van der Waals surface area (Å²) < 4.78 is 1.12. The summed E-state index contributed by atoms with van der Waals surface area (Å²) in [6.45, 7) is 5.15. The van der Waals surface area contributed by atoms with E-state index in [0.29, 0.717) is 6.04 Å². The van der Waals surface area contributed by atoms with Crippen molar-refractivity contribution in [2.45, 2.75) is 32.9 Å².